The summed E-state index contributed by atoms with van der Waals surface area (Å²) in [6.07, 6.45) is -2.19. The molecule has 0 aliphatic heterocycles. The third-order valence-corrected chi connectivity index (χ3v) is 4.44. The van der Waals surface area contributed by atoms with Crippen molar-refractivity contribution in [3.63, 3.8) is 0 Å². The van der Waals surface area contributed by atoms with Gasteiger partial charge >= 0.3 is 6.18 Å². The molecule has 0 unspecified atom stereocenters. The van der Waals surface area contributed by atoms with E-state index in [-0.39, 0.29) is 11.9 Å². The number of benzene rings is 1. The third kappa shape index (κ3) is 4.69. The first-order valence-corrected chi connectivity index (χ1v) is 8.48. The molecule has 1 aliphatic rings. The number of hydrogen-bond acceptors (Lipinski definition) is 3. The lowest BCUT2D eigenvalue weighted by atomic mass is 10.2. The molecule has 8 heteroatoms. The molecule has 1 aromatic carbocycles. The van der Waals surface area contributed by atoms with Crippen LogP contribution in [0.5, 0.6) is 5.75 Å². The number of aromatic nitrogens is 1. The van der Waals surface area contributed by atoms with Crippen LogP contribution in [-0.4, -0.2) is 28.5 Å². The number of alkyl halides is 3. The van der Waals surface area contributed by atoms with Gasteiger partial charge in [-0.2, -0.15) is 13.2 Å². The van der Waals surface area contributed by atoms with Crippen LogP contribution in [0.3, 0.4) is 0 Å². The maximum atomic E-state index is 12.9. The standard InChI is InChI=1S/C19H19F3N2O3/c1-27-16-7-2-13(3-8-16)10-24(15-5-6-15)18(26)12-23-11-14(19(20,21)22)4-9-17(23)25/h2-4,7-9,11,15H,5-6,10,12H2,1H3. The van der Waals surface area contributed by atoms with E-state index >= 15 is 0 Å². The second kappa shape index (κ2) is 7.46. The average molecular weight is 380 g/mol. The van der Waals surface area contributed by atoms with Crippen molar-refractivity contribution < 1.29 is 22.7 Å². The molecule has 3 rings (SSSR count). The van der Waals surface area contributed by atoms with Gasteiger partial charge in [0.1, 0.15) is 12.3 Å². The second-order valence-electron chi connectivity index (χ2n) is 6.48. The summed E-state index contributed by atoms with van der Waals surface area (Å²) in [5.74, 6) is 0.313. The average Bonchev–Trinajstić information content (AvgIpc) is 3.46. The Labute approximate surface area is 154 Å². The molecule has 2 aromatic rings. The lowest BCUT2D eigenvalue weighted by Gasteiger charge is -2.23. The Kier molecular flexibility index (Phi) is 5.25. The largest absolute Gasteiger partial charge is 0.497 e. The molecule has 1 aliphatic carbocycles. The number of amides is 1. The normalized spacial score (nSPS) is 14.1. The molecule has 1 amide bonds. The Bertz CT molecular complexity index is 871. The van der Waals surface area contributed by atoms with Crippen molar-refractivity contribution in [1.82, 2.24) is 9.47 Å². The van der Waals surface area contributed by atoms with Gasteiger partial charge in [-0.3, -0.25) is 9.59 Å². The smallest absolute Gasteiger partial charge is 0.417 e. The highest BCUT2D eigenvalue weighted by atomic mass is 19.4. The zero-order chi connectivity index (χ0) is 19.6. The first kappa shape index (κ1) is 19.0. The number of pyridine rings is 1. The van der Waals surface area contributed by atoms with Crippen LogP contribution in [0.2, 0.25) is 0 Å². The van der Waals surface area contributed by atoms with Gasteiger partial charge in [-0.05, 0) is 36.6 Å². The topological polar surface area (TPSA) is 51.5 Å². The molecular weight excluding hydrogens is 361 g/mol. The van der Waals surface area contributed by atoms with Crippen molar-refractivity contribution in [2.75, 3.05) is 7.11 Å². The quantitative estimate of drug-likeness (QED) is 0.774. The van der Waals surface area contributed by atoms with E-state index in [1.807, 2.05) is 12.1 Å². The highest BCUT2D eigenvalue weighted by Gasteiger charge is 2.34. The summed E-state index contributed by atoms with van der Waals surface area (Å²) in [5, 5.41) is 0. The number of methoxy groups -OCH3 is 1. The van der Waals surface area contributed by atoms with Crippen molar-refractivity contribution >= 4 is 5.91 Å². The minimum atomic E-state index is -4.57. The molecule has 27 heavy (non-hydrogen) atoms. The molecule has 1 aromatic heterocycles. The molecule has 1 heterocycles. The van der Waals surface area contributed by atoms with Gasteiger partial charge in [0.15, 0.2) is 0 Å². The van der Waals surface area contributed by atoms with E-state index in [0.717, 1.165) is 35.1 Å². The molecule has 0 bridgehead atoms. The van der Waals surface area contributed by atoms with Crippen LogP contribution in [0, 0.1) is 0 Å². The monoisotopic (exact) mass is 380 g/mol. The maximum Gasteiger partial charge on any atom is 0.417 e. The van der Waals surface area contributed by atoms with E-state index in [1.165, 1.54) is 0 Å². The fraction of sp³-hybridized carbons (Fsp3) is 0.368. The Morgan fingerprint density at radius 1 is 1.19 bits per heavy atom. The summed E-state index contributed by atoms with van der Waals surface area (Å²) in [6.45, 7) is -0.0867. The highest BCUT2D eigenvalue weighted by Crippen LogP contribution is 2.30. The van der Waals surface area contributed by atoms with Crippen molar-refractivity contribution in [2.24, 2.45) is 0 Å². The van der Waals surface area contributed by atoms with Gasteiger partial charge in [0.25, 0.3) is 5.56 Å². The summed E-state index contributed by atoms with van der Waals surface area (Å²) >= 11 is 0. The van der Waals surface area contributed by atoms with Gasteiger partial charge in [-0.25, -0.2) is 0 Å². The van der Waals surface area contributed by atoms with Gasteiger partial charge < -0.3 is 14.2 Å². The maximum absolute atomic E-state index is 12.9. The number of halogens is 3. The van der Waals surface area contributed by atoms with Crippen molar-refractivity contribution in [2.45, 2.75) is 38.1 Å². The van der Waals surface area contributed by atoms with Gasteiger partial charge in [0.2, 0.25) is 5.91 Å². The Morgan fingerprint density at radius 3 is 2.41 bits per heavy atom. The second-order valence-corrected chi connectivity index (χ2v) is 6.48. The van der Waals surface area contributed by atoms with Crippen molar-refractivity contribution in [1.29, 1.82) is 0 Å². The lowest BCUT2D eigenvalue weighted by molar-refractivity contribution is -0.139. The predicted octanol–water partition coefficient (Wildman–Crippen LogP) is 3.07. The minimum Gasteiger partial charge on any atom is -0.497 e. The SMILES string of the molecule is COc1ccc(CN(C(=O)Cn2cc(C(F)(F)F)ccc2=O)C2CC2)cc1. The van der Waals surface area contributed by atoms with Crippen LogP contribution in [0.4, 0.5) is 13.2 Å². The van der Waals surface area contributed by atoms with E-state index in [9.17, 15) is 22.8 Å². The summed E-state index contributed by atoms with van der Waals surface area (Å²) < 4.78 is 44.5. The predicted molar refractivity (Wildman–Crippen MR) is 92.3 cm³/mol. The molecule has 144 valence electrons. The van der Waals surface area contributed by atoms with Gasteiger partial charge in [-0.1, -0.05) is 12.1 Å². The van der Waals surface area contributed by atoms with Crippen LogP contribution in [0.15, 0.2) is 47.4 Å². The van der Waals surface area contributed by atoms with Gasteiger partial charge in [-0.15, -0.1) is 0 Å². The lowest BCUT2D eigenvalue weighted by Crippen LogP contribution is -2.37. The van der Waals surface area contributed by atoms with E-state index in [4.69, 9.17) is 4.74 Å². The number of nitrogens with zero attached hydrogens (tertiary/aromatic N) is 2. The number of ether oxygens (including phenoxy) is 1. The molecule has 0 N–H and O–H groups in total. The fourth-order valence-electron chi connectivity index (χ4n) is 2.79. The summed E-state index contributed by atoms with van der Waals surface area (Å²) in [5.41, 5.74) is -0.716. The fourth-order valence-corrected chi connectivity index (χ4v) is 2.79. The summed E-state index contributed by atoms with van der Waals surface area (Å²) in [4.78, 5) is 26.2. The third-order valence-electron chi connectivity index (χ3n) is 4.44. The molecule has 0 spiro atoms. The van der Waals surface area contributed by atoms with E-state index in [2.05, 4.69) is 0 Å². The minimum absolute atomic E-state index is 0.0566. The van der Waals surface area contributed by atoms with Gasteiger partial charge in [0, 0.05) is 24.8 Å². The van der Waals surface area contributed by atoms with E-state index < -0.39 is 23.8 Å². The van der Waals surface area contributed by atoms with Crippen LogP contribution in [0.1, 0.15) is 24.0 Å². The molecule has 1 saturated carbocycles. The summed E-state index contributed by atoms with van der Waals surface area (Å²) in [7, 11) is 1.56. The zero-order valence-corrected chi connectivity index (χ0v) is 14.7. The molecule has 0 radical (unpaired) electrons. The summed E-state index contributed by atoms with van der Waals surface area (Å²) in [6, 6.07) is 8.83. The number of rotatable bonds is 6. The molecule has 5 nitrogen and oxygen atoms in total. The number of carbonyl (C=O) groups is 1. The molecule has 0 atom stereocenters. The molecule has 0 saturated heterocycles. The van der Waals surface area contributed by atoms with Crippen LogP contribution >= 0.6 is 0 Å². The first-order chi connectivity index (χ1) is 12.8. The van der Waals surface area contributed by atoms with Crippen LogP contribution < -0.4 is 10.3 Å². The Hall–Kier alpha value is -2.77. The van der Waals surface area contributed by atoms with Crippen molar-refractivity contribution in [3.8, 4) is 5.75 Å². The zero-order valence-electron chi connectivity index (χ0n) is 14.7. The Balaban J connectivity index is 1.77. The van der Waals surface area contributed by atoms with E-state index in [0.29, 0.717) is 18.5 Å². The van der Waals surface area contributed by atoms with Gasteiger partial charge in [0.05, 0.1) is 12.7 Å². The Morgan fingerprint density at radius 2 is 1.85 bits per heavy atom. The molecule has 1 fully saturated rings. The van der Waals surface area contributed by atoms with E-state index in [1.54, 1.807) is 24.1 Å². The highest BCUT2D eigenvalue weighted by molar-refractivity contribution is 5.76. The van der Waals surface area contributed by atoms with Crippen LogP contribution in [-0.2, 0) is 24.1 Å². The van der Waals surface area contributed by atoms with Crippen molar-refractivity contribution in [3.05, 3.63) is 64.1 Å². The number of hydrogen-bond donors (Lipinski definition) is 0. The number of carbonyl (C=O) groups excluding carboxylic acids is 1. The van der Waals surface area contributed by atoms with Crippen LogP contribution in [0.25, 0.3) is 0 Å². The molecular formula is C19H19F3N2O3. The first-order valence-electron chi connectivity index (χ1n) is 8.48.